The summed E-state index contributed by atoms with van der Waals surface area (Å²) in [6, 6.07) is 15.9. The fraction of sp³-hybridized carbons (Fsp3) is 0.316. The van der Waals surface area contributed by atoms with Gasteiger partial charge in [0.2, 0.25) is 12.7 Å². The van der Waals surface area contributed by atoms with Crippen molar-refractivity contribution in [1.82, 2.24) is 4.90 Å². The minimum absolute atomic E-state index is 0.0270. The van der Waals surface area contributed by atoms with Gasteiger partial charge in [-0.25, -0.2) is 0 Å². The molecule has 124 valence electrons. The summed E-state index contributed by atoms with van der Waals surface area (Å²) in [5, 5.41) is 3.00. The number of nitrogens with zero attached hydrogens (tertiary/aromatic N) is 1. The van der Waals surface area contributed by atoms with E-state index >= 15 is 0 Å². The number of benzene rings is 2. The lowest BCUT2D eigenvalue weighted by Crippen LogP contribution is -2.26. The summed E-state index contributed by atoms with van der Waals surface area (Å²) in [6.07, 6.45) is 0.892. The Morgan fingerprint density at radius 3 is 2.83 bits per heavy atom. The number of carbonyl (C=O) groups is 1. The third-order valence-electron chi connectivity index (χ3n) is 4.53. The van der Waals surface area contributed by atoms with Crippen LogP contribution >= 0.6 is 0 Å². The first-order valence-corrected chi connectivity index (χ1v) is 8.25. The molecule has 5 nitrogen and oxygen atoms in total. The highest BCUT2D eigenvalue weighted by molar-refractivity contribution is 5.93. The summed E-state index contributed by atoms with van der Waals surface area (Å²) < 4.78 is 10.6. The SMILES string of the molecule is O=C(Nc1ccc2c(c1)OCO2)C1CCN(Cc2ccccc2)C1. The van der Waals surface area contributed by atoms with E-state index in [0.717, 1.165) is 37.5 Å². The van der Waals surface area contributed by atoms with E-state index in [1.165, 1.54) is 5.56 Å². The first-order chi connectivity index (χ1) is 11.8. The maximum atomic E-state index is 12.5. The van der Waals surface area contributed by atoms with Crippen LogP contribution in [0.5, 0.6) is 11.5 Å². The van der Waals surface area contributed by atoms with Crippen LogP contribution in [0.15, 0.2) is 48.5 Å². The maximum absolute atomic E-state index is 12.5. The first-order valence-electron chi connectivity index (χ1n) is 8.25. The van der Waals surface area contributed by atoms with Crippen LogP contribution in [0.4, 0.5) is 5.69 Å². The van der Waals surface area contributed by atoms with Gasteiger partial charge in [0.15, 0.2) is 11.5 Å². The molecule has 0 saturated carbocycles. The zero-order valence-electron chi connectivity index (χ0n) is 13.4. The largest absolute Gasteiger partial charge is 0.454 e. The first kappa shape index (κ1) is 15.0. The molecule has 2 aromatic carbocycles. The van der Waals surface area contributed by atoms with Crippen molar-refractivity contribution in [3.05, 3.63) is 54.1 Å². The van der Waals surface area contributed by atoms with Crippen molar-refractivity contribution in [3.8, 4) is 11.5 Å². The number of ether oxygens (including phenoxy) is 2. The lowest BCUT2D eigenvalue weighted by atomic mass is 10.1. The summed E-state index contributed by atoms with van der Waals surface area (Å²) in [6.45, 7) is 2.89. The third-order valence-corrected chi connectivity index (χ3v) is 4.53. The Kier molecular flexibility index (Phi) is 4.09. The number of likely N-dealkylation sites (tertiary alicyclic amines) is 1. The van der Waals surface area contributed by atoms with E-state index in [9.17, 15) is 4.79 Å². The highest BCUT2D eigenvalue weighted by atomic mass is 16.7. The number of carbonyl (C=O) groups excluding carboxylic acids is 1. The second-order valence-corrected chi connectivity index (χ2v) is 6.26. The van der Waals surface area contributed by atoms with E-state index in [4.69, 9.17) is 9.47 Å². The molecule has 1 amide bonds. The lowest BCUT2D eigenvalue weighted by Gasteiger charge is -2.16. The number of rotatable bonds is 4. The normalized spacial score (nSPS) is 19.4. The van der Waals surface area contributed by atoms with E-state index in [1.807, 2.05) is 24.3 Å². The molecule has 1 atom stereocenters. The second kappa shape index (κ2) is 6.53. The molecule has 2 aliphatic heterocycles. The van der Waals surface area contributed by atoms with Crippen molar-refractivity contribution in [2.45, 2.75) is 13.0 Å². The molecule has 1 fully saturated rings. The Morgan fingerprint density at radius 1 is 1.12 bits per heavy atom. The molecule has 5 heteroatoms. The molecule has 2 heterocycles. The maximum Gasteiger partial charge on any atom is 0.231 e. The fourth-order valence-corrected chi connectivity index (χ4v) is 3.25. The van der Waals surface area contributed by atoms with Crippen molar-refractivity contribution in [1.29, 1.82) is 0 Å². The van der Waals surface area contributed by atoms with Crippen molar-refractivity contribution in [2.75, 3.05) is 25.2 Å². The number of anilines is 1. The number of hydrogen-bond acceptors (Lipinski definition) is 4. The van der Waals surface area contributed by atoms with Crippen LogP contribution in [-0.2, 0) is 11.3 Å². The monoisotopic (exact) mass is 324 g/mol. The van der Waals surface area contributed by atoms with Crippen molar-refractivity contribution < 1.29 is 14.3 Å². The highest BCUT2D eigenvalue weighted by Crippen LogP contribution is 2.34. The molecule has 0 aliphatic carbocycles. The van der Waals surface area contributed by atoms with Gasteiger partial charge in [0, 0.05) is 24.8 Å². The van der Waals surface area contributed by atoms with Gasteiger partial charge >= 0.3 is 0 Å². The molecular weight excluding hydrogens is 304 g/mol. The van der Waals surface area contributed by atoms with E-state index in [1.54, 1.807) is 0 Å². The van der Waals surface area contributed by atoms with E-state index < -0.39 is 0 Å². The Hall–Kier alpha value is -2.53. The minimum atomic E-state index is 0.0270. The van der Waals surface area contributed by atoms with Crippen LogP contribution in [0.2, 0.25) is 0 Å². The molecule has 0 aromatic heterocycles. The second-order valence-electron chi connectivity index (χ2n) is 6.26. The van der Waals surface area contributed by atoms with Gasteiger partial charge in [-0.05, 0) is 30.7 Å². The van der Waals surface area contributed by atoms with Crippen LogP contribution in [0.25, 0.3) is 0 Å². The van der Waals surface area contributed by atoms with Crippen LogP contribution < -0.4 is 14.8 Å². The van der Waals surface area contributed by atoms with Gasteiger partial charge in [0.1, 0.15) is 0 Å². The predicted octanol–water partition coefficient (Wildman–Crippen LogP) is 2.88. The summed E-state index contributed by atoms with van der Waals surface area (Å²) in [4.78, 5) is 14.8. The van der Waals surface area contributed by atoms with Crippen LogP contribution in [0, 0.1) is 5.92 Å². The van der Waals surface area contributed by atoms with Gasteiger partial charge in [-0.15, -0.1) is 0 Å². The molecule has 2 aliphatic rings. The predicted molar refractivity (Wildman–Crippen MR) is 91.0 cm³/mol. The van der Waals surface area contributed by atoms with E-state index in [0.29, 0.717) is 5.75 Å². The van der Waals surface area contributed by atoms with Gasteiger partial charge in [-0.3, -0.25) is 9.69 Å². The average Bonchev–Trinajstić information content (AvgIpc) is 3.24. The topological polar surface area (TPSA) is 50.8 Å². The Balaban J connectivity index is 1.34. The Labute approximate surface area is 141 Å². The number of nitrogens with one attached hydrogen (secondary N) is 1. The molecule has 1 saturated heterocycles. The summed E-state index contributed by atoms with van der Waals surface area (Å²) in [5.74, 6) is 1.51. The van der Waals surface area contributed by atoms with Crippen molar-refractivity contribution >= 4 is 11.6 Å². The molecule has 0 spiro atoms. The van der Waals surface area contributed by atoms with Gasteiger partial charge in [-0.2, -0.15) is 0 Å². The Bertz CT molecular complexity index is 733. The van der Waals surface area contributed by atoms with Crippen molar-refractivity contribution in [3.63, 3.8) is 0 Å². The summed E-state index contributed by atoms with van der Waals surface area (Å²) in [7, 11) is 0. The zero-order chi connectivity index (χ0) is 16.4. The zero-order valence-corrected chi connectivity index (χ0v) is 13.4. The molecule has 0 radical (unpaired) electrons. The lowest BCUT2D eigenvalue weighted by molar-refractivity contribution is -0.119. The average molecular weight is 324 g/mol. The smallest absolute Gasteiger partial charge is 0.231 e. The summed E-state index contributed by atoms with van der Waals surface area (Å²) >= 11 is 0. The van der Waals surface area contributed by atoms with Gasteiger partial charge < -0.3 is 14.8 Å². The minimum Gasteiger partial charge on any atom is -0.454 e. The molecule has 1 N–H and O–H groups in total. The third kappa shape index (κ3) is 3.21. The number of amides is 1. The highest BCUT2D eigenvalue weighted by Gasteiger charge is 2.28. The van der Waals surface area contributed by atoms with Crippen molar-refractivity contribution in [2.24, 2.45) is 5.92 Å². The fourth-order valence-electron chi connectivity index (χ4n) is 3.25. The van der Waals surface area contributed by atoms with Crippen LogP contribution in [0.1, 0.15) is 12.0 Å². The molecule has 0 bridgehead atoms. The van der Waals surface area contributed by atoms with E-state index in [-0.39, 0.29) is 18.6 Å². The summed E-state index contributed by atoms with van der Waals surface area (Å²) in [5.41, 5.74) is 2.04. The van der Waals surface area contributed by atoms with E-state index in [2.05, 4.69) is 34.5 Å². The van der Waals surface area contributed by atoms with Gasteiger partial charge in [-0.1, -0.05) is 30.3 Å². The van der Waals surface area contributed by atoms with Crippen LogP contribution in [0.3, 0.4) is 0 Å². The molecule has 24 heavy (non-hydrogen) atoms. The van der Waals surface area contributed by atoms with Gasteiger partial charge in [0.05, 0.1) is 5.92 Å². The van der Waals surface area contributed by atoms with Crippen LogP contribution in [-0.4, -0.2) is 30.7 Å². The molecular formula is C19H20N2O3. The molecule has 2 aromatic rings. The molecule has 4 rings (SSSR count). The quantitative estimate of drug-likeness (QED) is 0.939. The Morgan fingerprint density at radius 2 is 1.96 bits per heavy atom. The standard InChI is InChI=1S/C19H20N2O3/c22-19(20-16-6-7-17-18(10-16)24-13-23-17)15-8-9-21(12-15)11-14-4-2-1-3-5-14/h1-7,10,15H,8-9,11-13H2,(H,20,22). The number of hydrogen-bond donors (Lipinski definition) is 1. The molecule has 1 unspecified atom stereocenters. The number of fused-ring (bicyclic) bond motifs is 1. The van der Waals surface area contributed by atoms with Gasteiger partial charge in [0.25, 0.3) is 0 Å².